The lowest BCUT2D eigenvalue weighted by Gasteiger charge is -2.62. The van der Waals surface area contributed by atoms with Gasteiger partial charge in [-0.25, -0.2) is 0 Å². The van der Waals surface area contributed by atoms with E-state index in [1.165, 1.54) is 7.11 Å². The molecule has 0 heterocycles. The van der Waals surface area contributed by atoms with E-state index in [4.69, 9.17) is 4.84 Å². The maximum atomic E-state index is 12.5. The summed E-state index contributed by atoms with van der Waals surface area (Å²) in [5.41, 5.74) is -1.16. The van der Waals surface area contributed by atoms with Gasteiger partial charge in [-0.3, -0.25) is 9.59 Å². The number of carbonyl (C=O) groups is 2. The molecule has 0 bridgehead atoms. The molecule has 0 aromatic carbocycles. The molecule has 0 unspecified atom stereocenters. The summed E-state index contributed by atoms with van der Waals surface area (Å²) in [7, 11) is 1.49. The Balaban J connectivity index is 1.79. The summed E-state index contributed by atoms with van der Waals surface area (Å²) in [5.74, 6) is 1.56. The average molecular weight is 347 g/mol. The Hall–Kier alpha value is -1.23. The largest absolute Gasteiger partial charge is 0.399 e. The van der Waals surface area contributed by atoms with E-state index in [2.05, 4.69) is 19.0 Å². The first-order valence-corrected chi connectivity index (χ1v) is 9.64. The molecule has 6 atom stereocenters. The van der Waals surface area contributed by atoms with Gasteiger partial charge in [-0.1, -0.05) is 19.0 Å². The quantitative estimate of drug-likeness (QED) is 0.740. The lowest BCUT2D eigenvalue weighted by atomic mass is 9.43. The van der Waals surface area contributed by atoms with Gasteiger partial charge >= 0.3 is 0 Å². The molecule has 4 saturated carbocycles. The number of hydrogen-bond donors (Lipinski definition) is 1. The molecule has 5 heteroatoms. The average Bonchev–Trinajstić information content (AvgIpc) is 2.86. The lowest BCUT2D eigenvalue weighted by Crippen LogP contribution is -2.66. The number of aliphatic hydroxyl groups is 1. The number of oxime groups is 1. The van der Waals surface area contributed by atoms with Gasteiger partial charge in [0.2, 0.25) is 0 Å². The van der Waals surface area contributed by atoms with Gasteiger partial charge in [0.15, 0.2) is 0 Å². The molecule has 0 saturated heterocycles. The molecule has 0 aliphatic heterocycles. The van der Waals surface area contributed by atoms with Crippen molar-refractivity contribution < 1.29 is 19.5 Å². The standard InChI is InChI=1S/C20H29NO4/c1-18-8-7-15-13(14(18)4-5-17(18)23)10-16(21-25-3)20(24)11-12(22)6-9-19(15,20)2/h13-15,24H,4-11H2,1-3H3/t13-,14-,15-,18-,19+,20-/m0/s1. The SMILES string of the molecule is CON=C1C[C@H]2[C@@H]3CCC(=O)[C@@]3(C)CC[C@@H]2[C@@]2(C)CCC(=O)C[C@]12O. The molecule has 0 radical (unpaired) electrons. The predicted molar refractivity (Wildman–Crippen MR) is 93.0 cm³/mol. The van der Waals surface area contributed by atoms with Crippen molar-refractivity contribution in [3.63, 3.8) is 0 Å². The number of carbonyl (C=O) groups excluding carboxylic acids is 2. The molecule has 0 spiro atoms. The zero-order valence-electron chi connectivity index (χ0n) is 15.5. The molecule has 1 N–H and O–H groups in total. The maximum Gasteiger partial charge on any atom is 0.139 e. The summed E-state index contributed by atoms with van der Waals surface area (Å²) < 4.78 is 0. The monoisotopic (exact) mass is 347 g/mol. The number of fused-ring (bicyclic) bond motifs is 5. The van der Waals surface area contributed by atoms with Crippen molar-refractivity contribution in [1.82, 2.24) is 0 Å². The second kappa shape index (κ2) is 5.38. The Morgan fingerprint density at radius 1 is 1.12 bits per heavy atom. The van der Waals surface area contributed by atoms with Crippen LogP contribution in [0.15, 0.2) is 5.16 Å². The van der Waals surface area contributed by atoms with Crippen molar-refractivity contribution in [3.05, 3.63) is 0 Å². The van der Waals surface area contributed by atoms with E-state index in [1.807, 2.05) is 0 Å². The second-order valence-corrected chi connectivity index (χ2v) is 9.21. The molecule has 4 fully saturated rings. The highest BCUT2D eigenvalue weighted by Crippen LogP contribution is 2.65. The van der Waals surface area contributed by atoms with Crippen LogP contribution in [0.4, 0.5) is 0 Å². The molecular formula is C20H29NO4. The molecule has 0 aromatic rings. The Bertz CT molecular complexity index is 658. The molecule has 25 heavy (non-hydrogen) atoms. The van der Waals surface area contributed by atoms with Crippen LogP contribution in [0.2, 0.25) is 0 Å². The van der Waals surface area contributed by atoms with Crippen LogP contribution in [0.3, 0.4) is 0 Å². The Labute approximate surface area is 149 Å². The van der Waals surface area contributed by atoms with Crippen LogP contribution in [0.5, 0.6) is 0 Å². The van der Waals surface area contributed by atoms with Crippen LogP contribution < -0.4 is 0 Å². The molecule has 5 nitrogen and oxygen atoms in total. The molecule has 4 rings (SSSR count). The van der Waals surface area contributed by atoms with Crippen LogP contribution in [0.25, 0.3) is 0 Å². The minimum Gasteiger partial charge on any atom is -0.399 e. The molecule has 0 aromatic heterocycles. The predicted octanol–water partition coefficient (Wildman–Crippen LogP) is 2.89. The molecule has 4 aliphatic rings. The van der Waals surface area contributed by atoms with Gasteiger partial charge in [-0.05, 0) is 49.9 Å². The van der Waals surface area contributed by atoms with Crippen LogP contribution in [-0.4, -0.2) is 35.1 Å². The van der Waals surface area contributed by atoms with Crippen molar-refractivity contribution in [1.29, 1.82) is 0 Å². The van der Waals surface area contributed by atoms with Gasteiger partial charge in [0.05, 0.1) is 5.71 Å². The van der Waals surface area contributed by atoms with Gasteiger partial charge in [-0.2, -0.15) is 0 Å². The zero-order valence-corrected chi connectivity index (χ0v) is 15.5. The lowest BCUT2D eigenvalue weighted by molar-refractivity contribution is -0.162. The fourth-order valence-corrected chi connectivity index (χ4v) is 6.85. The van der Waals surface area contributed by atoms with E-state index in [9.17, 15) is 14.7 Å². The van der Waals surface area contributed by atoms with Gasteiger partial charge in [0.25, 0.3) is 0 Å². The molecular weight excluding hydrogens is 318 g/mol. The van der Waals surface area contributed by atoms with Crippen molar-refractivity contribution >= 4 is 17.3 Å². The third kappa shape index (κ3) is 2.08. The summed E-state index contributed by atoms with van der Waals surface area (Å²) in [6.07, 6.45) is 5.52. The highest BCUT2D eigenvalue weighted by Gasteiger charge is 2.67. The van der Waals surface area contributed by atoms with E-state index in [1.54, 1.807) is 0 Å². The Kier molecular flexibility index (Phi) is 3.70. The first kappa shape index (κ1) is 17.2. The minimum absolute atomic E-state index is 0.110. The topological polar surface area (TPSA) is 76.0 Å². The maximum absolute atomic E-state index is 12.5. The first-order chi connectivity index (χ1) is 11.8. The number of rotatable bonds is 1. The van der Waals surface area contributed by atoms with Gasteiger partial charge in [-0.15, -0.1) is 0 Å². The first-order valence-electron chi connectivity index (χ1n) is 9.64. The van der Waals surface area contributed by atoms with Crippen LogP contribution in [0, 0.1) is 28.6 Å². The summed E-state index contributed by atoms with van der Waals surface area (Å²) >= 11 is 0. The van der Waals surface area contributed by atoms with Crippen molar-refractivity contribution in [2.24, 2.45) is 33.7 Å². The smallest absolute Gasteiger partial charge is 0.139 e. The number of ketones is 2. The van der Waals surface area contributed by atoms with E-state index >= 15 is 0 Å². The normalized spacial score (nSPS) is 51.0. The Morgan fingerprint density at radius 2 is 1.88 bits per heavy atom. The molecule has 0 amide bonds. The number of nitrogens with zero attached hydrogens (tertiary/aromatic N) is 1. The third-order valence-corrected chi connectivity index (χ3v) is 8.39. The van der Waals surface area contributed by atoms with Crippen LogP contribution in [-0.2, 0) is 14.4 Å². The Morgan fingerprint density at radius 3 is 2.60 bits per heavy atom. The van der Waals surface area contributed by atoms with Crippen molar-refractivity contribution in [2.45, 2.75) is 70.8 Å². The van der Waals surface area contributed by atoms with Gasteiger partial charge < -0.3 is 9.94 Å². The summed E-state index contributed by atoms with van der Waals surface area (Å²) in [6.45, 7) is 4.28. The highest BCUT2D eigenvalue weighted by atomic mass is 16.6. The van der Waals surface area contributed by atoms with Crippen LogP contribution in [0.1, 0.15) is 65.2 Å². The number of hydrogen-bond acceptors (Lipinski definition) is 5. The molecule has 138 valence electrons. The van der Waals surface area contributed by atoms with Crippen molar-refractivity contribution in [3.8, 4) is 0 Å². The van der Waals surface area contributed by atoms with Crippen LogP contribution >= 0.6 is 0 Å². The minimum atomic E-state index is -1.20. The van der Waals surface area contributed by atoms with E-state index in [-0.39, 0.29) is 23.0 Å². The van der Waals surface area contributed by atoms with Gasteiger partial charge in [0.1, 0.15) is 24.3 Å². The molecule has 4 aliphatic carbocycles. The number of Topliss-reactive ketones (excluding diaryl/α,β-unsaturated/α-hetero) is 2. The zero-order chi connectivity index (χ0) is 18.0. The summed E-state index contributed by atoms with van der Waals surface area (Å²) in [6, 6.07) is 0. The fourth-order valence-electron chi connectivity index (χ4n) is 6.85. The van der Waals surface area contributed by atoms with E-state index in [0.29, 0.717) is 54.9 Å². The highest BCUT2D eigenvalue weighted by molar-refractivity contribution is 5.99. The third-order valence-electron chi connectivity index (χ3n) is 8.39. The van der Waals surface area contributed by atoms with Crippen molar-refractivity contribution in [2.75, 3.05) is 7.11 Å². The van der Waals surface area contributed by atoms with E-state index in [0.717, 1.165) is 19.3 Å². The van der Waals surface area contributed by atoms with Gasteiger partial charge in [0, 0.05) is 30.1 Å². The summed E-state index contributed by atoms with van der Waals surface area (Å²) in [5, 5.41) is 15.8. The summed E-state index contributed by atoms with van der Waals surface area (Å²) in [4.78, 5) is 29.7. The second-order valence-electron chi connectivity index (χ2n) is 9.21. The van der Waals surface area contributed by atoms with E-state index < -0.39 is 5.60 Å². The fraction of sp³-hybridized carbons (Fsp3) is 0.850.